The minimum absolute atomic E-state index is 0.0706. The van der Waals surface area contributed by atoms with E-state index in [4.69, 9.17) is 6.42 Å². The molecular weight excluding hydrogens is 194 g/mol. The molecule has 0 saturated heterocycles. The van der Waals surface area contributed by atoms with Crippen molar-refractivity contribution in [3.05, 3.63) is 24.3 Å². The minimum Gasteiger partial charge on any atom is -0.325 e. The molecule has 1 aromatic rings. The number of para-hydroxylation sites is 1. The Hall–Kier alpha value is -1.40. The van der Waals surface area contributed by atoms with E-state index in [1.54, 1.807) is 0 Å². The number of hydrogen-bond donors (Lipinski definition) is 1. The van der Waals surface area contributed by atoms with Crippen molar-refractivity contribution in [2.75, 3.05) is 11.1 Å². The number of thioether (sulfide) groups is 1. The molecule has 0 saturated carbocycles. The SMILES string of the molecule is C#CCSc1ccccc1NC(C)=O. The number of rotatable bonds is 3. The van der Waals surface area contributed by atoms with Crippen LogP contribution in [0.15, 0.2) is 29.2 Å². The third kappa shape index (κ3) is 3.15. The molecule has 0 aliphatic heterocycles. The molecule has 0 atom stereocenters. The summed E-state index contributed by atoms with van der Waals surface area (Å²) in [5.74, 6) is 3.08. The van der Waals surface area contributed by atoms with E-state index in [1.807, 2.05) is 24.3 Å². The van der Waals surface area contributed by atoms with Gasteiger partial charge in [0.15, 0.2) is 0 Å². The molecule has 2 nitrogen and oxygen atoms in total. The maximum absolute atomic E-state index is 10.9. The predicted octanol–water partition coefficient (Wildman–Crippen LogP) is 2.37. The van der Waals surface area contributed by atoms with Crippen LogP contribution >= 0.6 is 11.8 Å². The van der Waals surface area contributed by atoms with Gasteiger partial charge in [0.1, 0.15) is 0 Å². The molecule has 14 heavy (non-hydrogen) atoms. The molecule has 0 bridgehead atoms. The van der Waals surface area contributed by atoms with Gasteiger partial charge >= 0.3 is 0 Å². The highest BCUT2D eigenvalue weighted by Gasteiger charge is 2.02. The molecule has 0 aliphatic rings. The Labute approximate surface area is 88.1 Å². The lowest BCUT2D eigenvalue weighted by molar-refractivity contribution is -0.114. The summed E-state index contributed by atoms with van der Waals surface area (Å²) in [7, 11) is 0. The lowest BCUT2D eigenvalue weighted by Crippen LogP contribution is -2.06. The first-order valence-corrected chi connectivity index (χ1v) is 5.15. The van der Waals surface area contributed by atoms with E-state index in [0.717, 1.165) is 10.6 Å². The highest BCUT2D eigenvalue weighted by Crippen LogP contribution is 2.26. The number of hydrogen-bond acceptors (Lipinski definition) is 2. The molecule has 0 radical (unpaired) electrons. The van der Waals surface area contributed by atoms with Crippen molar-refractivity contribution in [2.45, 2.75) is 11.8 Å². The van der Waals surface area contributed by atoms with Crippen molar-refractivity contribution in [1.82, 2.24) is 0 Å². The second kappa shape index (κ2) is 5.36. The zero-order valence-electron chi connectivity index (χ0n) is 7.91. The van der Waals surface area contributed by atoms with E-state index >= 15 is 0 Å². The van der Waals surface area contributed by atoms with E-state index in [9.17, 15) is 4.79 Å². The first-order chi connectivity index (χ1) is 6.74. The zero-order chi connectivity index (χ0) is 10.4. The van der Waals surface area contributed by atoms with Crippen LogP contribution in [-0.4, -0.2) is 11.7 Å². The van der Waals surface area contributed by atoms with E-state index < -0.39 is 0 Å². The summed E-state index contributed by atoms with van der Waals surface area (Å²) in [5, 5.41) is 2.75. The van der Waals surface area contributed by atoms with Crippen molar-refractivity contribution in [1.29, 1.82) is 0 Å². The topological polar surface area (TPSA) is 29.1 Å². The number of amides is 1. The number of carbonyl (C=O) groups is 1. The average molecular weight is 205 g/mol. The van der Waals surface area contributed by atoms with Crippen LogP contribution in [0.25, 0.3) is 0 Å². The van der Waals surface area contributed by atoms with E-state index in [0.29, 0.717) is 5.75 Å². The van der Waals surface area contributed by atoms with E-state index in [-0.39, 0.29) is 5.91 Å². The highest BCUT2D eigenvalue weighted by atomic mass is 32.2. The van der Waals surface area contributed by atoms with Crippen LogP contribution in [-0.2, 0) is 4.79 Å². The van der Waals surface area contributed by atoms with Crippen LogP contribution in [0.5, 0.6) is 0 Å². The monoisotopic (exact) mass is 205 g/mol. The Morgan fingerprint density at radius 1 is 1.57 bits per heavy atom. The van der Waals surface area contributed by atoms with Gasteiger partial charge in [0.25, 0.3) is 0 Å². The Kier molecular flexibility index (Phi) is 4.09. The Morgan fingerprint density at radius 2 is 2.29 bits per heavy atom. The number of benzene rings is 1. The summed E-state index contributed by atoms with van der Waals surface area (Å²) in [6, 6.07) is 7.60. The number of terminal acetylenes is 1. The minimum atomic E-state index is -0.0706. The fourth-order valence-corrected chi connectivity index (χ4v) is 1.69. The van der Waals surface area contributed by atoms with Crippen LogP contribution in [0.4, 0.5) is 5.69 Å². The molecule has 0 fully saturated rings. The molecule has 0 aromatic heterocycles. The number of anilines is 1. The smallest absolute Gasteiger partial charge is 0.221 e. The fourth-order valence-electron chi connectivity index (χ4n) is 1.00. The summed E-state index contributed by atoms with van der Waals surface area (Å²) in [6.45, 7) is 1.49. The molecule has 72 valence electrons. The quantitative estimate of drug-likeness (QED) is 0.606. The Morgan fingerprint density at radius 3 is 2.93 bits per heavy atom. The second-order valence-electron chi connectivity index (χ2n) is 2.67. The molecule has 1 rings (SSSR count). The Bertz CT molecular complexity index is 368. The van der Waals surface area contributed by atoms with Gasteiger partial charge in [0, 0.05) is 11.8 Å². The largest absolute Gasteiger partial charge is 0.325 e. The number of carbonyl (C=O) groups excluding carboxylic acids is 1. The molecule has 1 N–H and O–H groups in total. The molecular formula is C11H11NOS. The van der Waals surface area contributed by atoms with Gasteiger partial charge in [-0.1, -0.05) is 18.1 Å². The Balaban J connectivity index is 2.81. The van der Waals surface area contributed by atoms with Gasteiger partial charge < -0.3 is 5.32 Å². The van der Waals surface area contributed by atoms with Gasteiger partial charge in [-0.3, -0.25) is 4.79 Å². The van der Waals surface area contributed by atoms with Gasteiger partial charge in [0.2, 0.25) is 5.91 Å². The third-order valence-corrected chi connectivity index (χ3v) is 2.49. The summed E-state index contributed by atoms with van der Waals surface area (Å²) in [5.41, 5.74) is 0.820. The highest BCUT2D eigenvalue weighted by molar-refractivity contribution is 7.99. The number of nitrogens with one attached hydrogen (secondary N) is 1. The summed E-state index contributed by atoms with van der Waals surface area (Å²) >= 11 is 1.54. The zero-order valence-corrected chi connectivity index (χ0v) is 8.73. The second-order valence-corrected chi connectivity index (χ2v) is 3.69. The van der Waals surface area contributed by atoms with Crippen molar-refractivity contribution in [3.63, 3.8) is 0 Å². The molecule has 0 unspecified atom stereocenters. The molecule has 3 heteroatoms. The maximum Gasteiger partial charge on any atom is 0.221 e. The molecule has 1 aromatic carbocycles. The van der Waals surface area contributed by atoms with Crippen molar-refractivity contribution in [2.24, 2.45) is 0 Å². The first kappa shape index (κ1) is 10.7. The fraction of sp³-hybridized carbons (Fsp3) is 0.182. The normalized spacial score (nSPS) is 9.14. The van der Waals surface area contributed by atoms with Crippen LogP contribution in [0.2, 0.25) is 0 Å². The van der Waals surface area contributed by atoms with E-state index in [2.05, 4.69) is 11.2 Å². The average Bonchev–Trinajstić information content (AvgIpc) is 2.16. The lowest BCUT2D eigenvalue weighted by Gasteiger charge is -2.07. The van der Waals surface area contributed by atoms with Crippen LogP contribution in [0.1, 0.15) is 6.92 Å². The predicted molar refractivity (Wildman–Crippen MR) is 60.3 cm³/mol. The summed E-state index contributed by atoms with van der Waals surface area (Å²) in [4.78, 5) is 11.9. The third-order valence-electron chi connectivity index (χ3n) is 1.51. The van der Waals surface area contributed by atoms with Crippen molar-refractivity contribution in [3.8, 4) is 12.3 Å². The van der Waals surface area contributed by atoms with Gasteiger partial charge in [-0.25, -0.2) is 0 Å². The van der Waals surface area contributed by atoms with Gasteiger partial charge in [-0.15, -0.1) is 18.2 Å². The lowest BCUT2D eigenvalue weighted by atomic mass is 10.3. The van der Waals surface area contributed by atoms with Gasteiger partial charge in [-0.05, 0) is 12.1 Å². The molecule has 0 spiro atoms. The van der Waals surface area contributed by atoms with E-state index in [1.165, 1.54) is 18.7 Å². The molecule has 0 aliphatic carbocycles. The van der Waals surface area contributed by atoms with Gasteiger partial charge in [-0.2, -0.15) is 0 Å². The molecule has 0 heterocycles. The van der Waals surface area contributed by atoms with Crippen molar-refractivity contribution < 1.29 is 4.79 Å². The molecule has 1 amide bonds. The van der Waals surface area contributed by atoms with Gasteiger partial charge in [0.05, 0.1) is 11.4 Å². The summed E-state index contributed by atoms with van der Waals surface area (Å²) < 4.78 is 0. The maximum atomic E-state index is 10.9. The summed E-state index contributed by atoms with van der Waals surface area (Å²) in [6.07, 6.45) is 5.17. The van der Waals surface area contributed by atoms with Crippen LogP contribution < -0.4 is 5.32 Å². The van der Waals surface area contributed by atoms with Crippen molar-refractivity contribution >= 4 is 23.4 Å². The van der Waals surface area contributed by atoms with Crippen LogP contribution in [0.3, 0.4) is 0 Å². The first-order valence-electron chi connectivity index (χ1n) is 4.17. The standard InChI is InChI=1S/C11H11NOS/c1-3-8-14-11-7-5-4-6-10(11)12-9(2)13/h1,4-7H,8H2,2H3,(H,12,13). The van der Waals surface area contributed by atoms with Crippen LogP contribution in [0, 0.1) is 12.3 Å².